The van der Waals surface area contributed by atoms with Crippen LogP contribution in [0, 0.1) is 11.8 Å². The molecule has 2 amide bonds. The Balaban J connectivity index is 1.79. The molecule has 32 heavy (non-hydrogen) atoms. The molecule has 0 aliphatic carbocycles. The van der Waals surface area contributed by atoms with Gasteiger partial charge in [0.1, 0.15) is 6.04 Å². The van der Waals surface area contributed by atoms with Crippen LogP contribution >= 0.6 is 11.8 Å². The van der Waals surface area contributed by atoms with Gasteiger partial charge in [-0.3, -0.25) is 14.4 Å². The van der Waals surface area contributed by atoms with Crippen LogP contribution in [0.3, 0.4) is 0 Å². The van der Waals surface area contributed by atoms with E-state index in [4.69, 9.17) is 4.74 Å². The summed E-state index contributed by atoms with van der Waals surface area (Å²) in [5, 5.41) is 9.25. The summed E-state index contributed by atoms with van der Waals surface area (Å²) in [4.78, 5) is 44.5. The van der Waals surface area contributed by atoms with Gasteiger partial charge >= 0.3 is 5.97 Å². The standard InChI is InChI=1S/C24H34N2O5S/c1-3-4-12-25-13-9-11-24-17(18-22(30)31-16-8-5-10-23(18,2)32-24)20(28)26(14-6-7-15-27)19(24)21(25)29/h5,9-11,17-19,27H,3-4,6-8,12-16H2,1-2H3/t17-,18-,19?,23+,24-/m0/s1. The van der Waals surface area contributed by atoms with Crippen molar-refractivity contribution < 1.29 is 24.2 Å². The number of likely N-dealkylation sites (tertiary alicyclic amines) is 1. The number of fused-ring (bicyclic) bond motifs is 2. The number of amides is 2. The minimum absolute atomic E-state index is 0.0361. The van der Waals surface area contributed by atoms with Gasteiger partial charge < -0.3 is 19.6 Å². The molecule has 0 aromatic rings. The molecule has 0 aromatic heterocycles. The van der Waals surface area contributed by atoms with E-state index in [2.05, 4.69) is 6.92 Å². The average molecular weight is 463 g/mol. The smallest absolute Gasteiger partial charge is 0.311 e. The normalized spacial score (nSPS) is 36.3. The lowest BCUT2D eigenvalue weighted by atomic mass is 9.74. The second-order valence-corrected chi connectivity index (χ2v) is 11.1. The summed E-state index contributed by atoms with van der Waals surface area (Å²) < 4.78 is 4.12. The second kappa shape index (κ2) is 9.21. The van der Waals surface area contributed by atoms with E-state index in [1.165, 1.54) is 0 Å². The maximum absolute atomic E-state index is 13.9. The number of ether oxygens (including phenoxy) is 1. The van der Waals surface area contributed by atoms with Crippen molar-refractivity contribution >= 4 is 29.5 Å². The van der Waals surface area contributed by atoms with Crippen molar-refractivity contribution in [3.8, 4) is 0 Å². The number of aliphatic hydroxyl groups excluding tert-OH is 1. The predicted molar refractivity (Wildman–Crippen MR) is 123 cm³/mol. The molecule has 5 atom stereocenters. The molecule has 4 heterocycles. The molecule has 0 radical (unpaired) electrons. The fourth-order valence-electron chi connectivity index (χ4n) is 5.72. The summed E-state index contributed by atoms with van der Waals surface area (Å²) in [6.45, 7) is 6.02. The van der Waals surface area contributed by atoms with Crippen molar-refractivity contribution in [3.63, 3.8) is 0 Å². The quantitative estimate of drug-likeness (QED) is 0.354. The number of esters is 1. The van der Waals surface area contributed by atoms with Crippen LogP contribution < -0.4 is 0 Å². The van der Waals surface area contributed by atoms with E-state index in [-0.39, 0.29) is 24.4 Å². The van der Waals surface area contributed by atoms with Gasteiger partial charge in [0.25, 0.3) is 0 Å². The summed E-state index contributed by atoms with van der Waals surface area (Å²) in [6.07, 6.45) is 11.8. The first-order valence-corrected chi connectivity index (χ1v) is 12.6. The van der Waals surface area contributed by atoms with Gasteiger partial charge in [0.15, 0.2) is 0 Å². The number of nitrogens with zero attached hydrogens (tertiary/aromatic N) is 2. The Kier molecular flexibility index (Phi) is 6.73. The third-order valence-corrected chi connectivity index (χ3v) is 8.99. The molecule has 0 aromatic carbocycles. The van der Waals surface area contributed by atoms with E-state index in [0.717, 1.165) is 12.8 Å². The summed E-state index contributed by atoms with van der Waals surface area (Å²) in [7, 11) is 0. The third kappa shape index (κ3) is 3.69. The van der Waals surface area contributed by atoms with Gasteiger partial charge in [-0.1, -0.05) is 37.6 Å². The minimum atomic E-state index is -0.804. The Morgan fingerprint density at radius 2 is 1.91 bits per heavy atom. The molecule has 1 N–H and O–H groups in total. The van der Waals surface area contributed by atoms with Gasteiger partial charge in [0.05, 0.1) is 23.2 Å². The zero-order valence-corrected chi connectivity index (χ0v) is 19.8. The number of carbonyl (C=O) groups is 3. The maximum atomic E-state index is 13.9. The van der Waals surface area contributed by atoms with E-state index < -0.39 is 27.4 Å². The highest BCUT2D eigenvalue weighted by atomic mass is 32.2. The zero-order valence-electron chi connectivity index (χ0n) is 19.0. The molecule has 2 fully saturated rings. The fourth-order valence-corrected chi connectivity index (χ4v) is 7.87. The van der Waals surface area contributed by atoms with Gasteiger partial charge in [0, 0.05) is 31.0 Å². The van der Waals surface area contributed by atoms with Crippen LogP contribution in [-0.4, -0.2) is 81.1 Å². The predicted octanol–water partition coefficient (Wildman–Crippen LogP) is 2.15. The molecule has 2 saturated heterocycles. The molecule has 0 bridgehead atoms. The van der Waals surface area contributed by atoms with Crippen LogP contribution in [0.5, 0.6) is 0 Å². The molecule has 1 unspecified atom stereocenters. The van der Waals surface area contributed by atoms with Crippen molar-refractivity contribution in [3.05, 3.63) is 24.3 Å². The molecular formula is C24H34N2O5S. The van der Waals surface area contributed by atoms with E-state index in [1.54, 1.807) is 16.7 Å². The SMILES string of the molecule is CCCCN1CC=C[C@]23S[C@]4(C)C=CCCOC(=O)[C@@H]4[C@H]2C(=O)N(CCCCO)C3C1=O. The summed E-state index contributed by atoms with van der Waals surface area (Å²) in [5.74, 6) is -1.80. The van der Waals surface area contributed by atoms with Gasteiger partial charge in [-0.2, -0.15) is 0 Å². The van der Waals surface area contributed by atoms with Crippen molar-refractivity contribution in [2.24, 2.45) is 11.8 Å². The molecule has 8 heteroatoms. The Morgan fingerprint density at radius 3 is 2.66 bits per heavy atom. The number of carbonyl (C=O) groups excluding carboxylic acids is 3. The van der Waals surface area contributed by atoms with Crippen LogP contribution in [0.15, 0.2) is 24.3 Å². The molecule has 1 spiro atoms. The van der Waals surface area contributed by atoms with E-state index in [0.29, 0.717) is 45.5 Å². The Labute approximate surface area is 194 Å². The number of unbranched alkanes of at least 4 members (excludes halogenated alkanes) is 2. The fraction of sp³-hybridized carbons (Fsp3) is 0.708. The highest BCUT2D eigenvalue weighted by Crippen LogP contribution is 2.65. The number of cyclic esters (lactones) is 1. The molecule has 4 aliphatic rings. The molecule has 4 rings (SSSR count). The van der Waals surface area contributed by atoms with Crippen molar-refractivity contribution in [2.75, 3.05) is 32.8 Å². The maximum Gasteiger partial charge on any atom is 0.311 e. The molecule has 4 aliphatic heterocycles. The van der Waals surface area contributed by atoms with Crippen LogP contribution in [0.1, 0.15) is 46.0 Å². The first-order valence-electron chi connectivity index (χ1n) is 11.8. The van der Waals surface area contributed by atoms with Crippen LogP contribution in [0.2, 0.25) is 0 Å². The zero-order chi connectivity index (χ0) is 22.9. The Morgan fingerprint density at radius 1 is 1.09 bits per heavy atom. The Hall–Kier alpha value is -1.80. The van der Waals surface area contributed by atoms with Crippen LogP contribution in [0.4, 0.5) is 0 Å². The minimum Gasteiger partial charge on any atom is -0.465 e. The molecule has 176 valence electrons. The summed E-state index contributed by atoms with van der Waals surface area (Å²) in [6, 6.07) is -0.648. The monoisotopic (exact) mass is 462 g/mol. The lowest BCUT2D eigenvalue weighted by Gasteiger charge is -2.37. The van der Waals surface area contributed by atoms with Crippen LogP contribution in [-0.2, 0) is 19.1 Å². The van der Waals surface area contributed by atoms with Gasteiger partial charge in [-0.15, -0.1) is 11.8 Å². The van der Waals surface area contributed by atoms with Crippen molar-refractivity contribution in [1.82, 2.24) is 9.80 Å². The lowest BCUT2D eigenvalue weighted by molar-refractivity contribution is -0.154. The number of thioether (sulfide) groups is 1. The van der Waals surface area contributed by atoms with E-state index >= 15 is 0 Å². The second-order valence-electron chi connectivity index (χ2n) is 9.36. The molecule has 7 nitrogen and oxygen atoms in total. The van der Waals surface area contributed by atoms with E-state index in [1.807, 2.05) is 36.1 Å². The van der Waals surface area contributed by atoms with Gasteiger partial charge in [0.2, 0.25) is 11.8 Å². The number of hydrogen-bond donors (Lipinski definition) is 1. The van der Waals surface area contributed by atoms with Crippen molar-refractivity contribution in [1.29, 1.82) is 0 Å². The summed E-state index contributed by atoms with van der Waals surface area (Å²) in [5.41, 5.74) is 0. The van der Waals surface area contributed by atoms with E-state index in [9.17, 15) is 19.5 Å². The summed E-state index contributed by atoms with van der Waals surface area (Å²) >= 11 is 1.58. The topological polar surface area (TPSA) is 87.2 Å². The van der Waals surface area contributed by atoms with Gasteiger partial charge in [-0.25, -0.2) is 0 Å². The molecule has 0 saturated carbocycles. The third-order valence-electron chi connectivity index (χ3n) is 7.19. The molecular weight excluding hydrogens is 428 g/mol. The number of aliphatic hydroxyl groups is 1. The first kappa shape index (κ1) is 23.4. The number of rotatable bonds is 7. The average Bonchev–Trinajstić information content (AvgIpc) is 3.07. The van der Waals surface area contributed by atoms with Crippen LogP contribution in [0.25, 0.3) is 0 Å². The van der Waals surface area contributed by atoms with Crippen molar-refractivity contribution in [2.45, 2.75) is 61.5 Å². The lowest BCUT2D eigenvalue weighted by Crippen LogP contribution is -2.53. The largest absolute Gasteiger partial charge is 0.465 e. The first-order chi connectivity index (χ1) is 15.4. The highest BCUT2D eigenvalue weighted by molar-refractivity contribution is 8.02. The number of hydrogen-bond acceptors (Lipinski definition) is 6. The Bertz CT molecular complexity index is 829. The van der Waals surface area contributed by atoms with Gasteiger partial charge in [-0.05, 0) is 32.6 Å². The highest BCUT2D eigenvalue weighted by Gasteiger charge is 2.73.